The molecular formula is C20H21ClN4OS2. The highest BCUT2D eigenvalue weighted by molar-refractivity contribution is 7.99. The second-order valence-corrected chi connectivity index (χ2v) is 8.42. The molecule has 0 saturated heterocycles. The Bertz CT molecular complexity index is 967. The van der Waals surface area contributed by atoms with Crippen molar-refractivity contribution in [2.24, 2.45) is 0 Å². The third-order valence-corrected chi connectivity index (χ3v) is 6.21. The number of anilines is 1. The van der Waals surface area contributed by atoms with Crippen LogP contribution in [0.15, 0.2) is 53.5 Å². The Morgan fingerprint density at radius 1 is 1.39 bits per heavy atom. The summed E-state index contributed by atoms with van der Waals surface area (Å²) in [7, 11) is 0. The highest BCUT2D eigenvalue weighted by atomic mass is 35.5. The van der Waals surface area contributed by atoms with Crippen molar-refractivity contribution in [3.63, 3.8) is 0 Å². The van der Waals surface area contributed by atoms with Crippen molar-refractivity contribution in [2.75, 3.05) is 11.1 Å². The van der Waals surface area contributed by atoms with E-state index in [9.17, 15) is 4.79 Å². The molecule has 0 atom stereocenters. The minimum absolute atomic E-state index is 0.145. The number of aromatic nitrogens is 3. The molecule has 0 saturated carbocycles. The van der Waals surface area contributed by atoms with Crippen LogP contribution in [0.25, 0.3) is 11.4 Å². The molecular weight excluding hydrogens is 412 g/mol. The maximum atomic E-state index is 12.3. The van der Waals surface area contributed by atoms with Crippen LogP contribution in [0.2, 0.25) is 5.02 Å². The molecule has 3 rings (SSSR count). The van der Waals surface area contributed by atoms with Gasteiger partial charge in [-0.25, -0.2) is 0 Å². The van der Waals surface area contributed by atoms with Gasteiger partial charge in [0, 0.05) is 22.4 Å². The van der Waals surface area contributed by atoms with Crippen LogP contribution >= 0.6 is 34.7 Å². The van der Waals surface area contributed by atoms with Crippen molar-refractivity contribution in [2.45, 2.75) is 31.5 Å². The number of nitrogens with one attached hydrogen (secondary N) is 1. The third kappa shape index (κ3) is 5.04. The fourth-order valence-electron chi connectivity index (χ4n) is 2.66. The highest BCUT2D eigenvalue weighted by Crippen LogP contribution is 2.29. The zero-order valence-electron chi connectivity index (χ0n) is 15.5. The number of hydrogen-bond donors (Lipinski definition) is 1. The Hall–Kier alpha value is -2.09. The molecule has 0 bridgehead atoms. The number of thioether (sulfide) groups is 1. The number of para-hydroxylation sites is 1. The number of benzene rings is 1. The molecule has 3 aromatic rings. The van der Waals surface area contributed by atoms with Gasteiger partial charge in [-0.2, -0.15) is 0 Å². The van der Waals surface area contributed by atoms with Gasteiger partial charge in [0.05, 0.1) is 16.5 Å². The second-order valence-electron chi connectivity index (χ2n) is 6.07. The number of hydrogen-bond acceptors (Lipinski definition) is 5. The van der Waals surface area contributed by atoms with E-state index in [2.05, 4.69) is 40.5 Å². The van der Waals surface area contributed by atoms with E-state index in [1.807, 2.05) is 16.7 Å². The largest absolute Gasteiger partial charge is 0.324 e. The molecule has 5 nitrogen and oxygen atoms in total. The number of amides is 1. The summed E-state index contributed by atoms with van der Waals surface area (Å²) in [6, 6.07) is 9.33. The molecule has 0 spiro atoms. The summed E-state index contributed by atoms with van der Waals surface area (Å²) < 4.78 is 1.98. The van der Waals surface area contributed by atoms with Crippen molar-refractivity contribution in [3.8, 4) is 11.4 Å². The van der Waals surface area contributed by atoms with E-state index in [-0.39, 0.29) is 11.7 Å². The first-order valence-electron chi connectivity index (χ1n) is 8.91. The highest BCUT2D eigenvalue weighted by Gasteiger charge is 2.16. The minimum Gasteiger partial charge on any atom is -0.324 e. The molecule has 1 N–H and O–H groups in total. The normalized spacial score (nSPS) is 10.8. The van der Waals surface area contributed by atoms with E-state index in [1.165, 1.54) is 16.6 Å². The number of halogens is 1. The molecule has 0 fully saturated rings. The molecule has 8 heteroatoms. The molecule has 0 aliphatic carbocycles. The zero-order valence-corrected chi connectivity index (χ0v) is 17.9. The lowest BCUT2D eigenvalue weighted by molar-refractivity contribution is -0.113. The fourth-order valence-corrected chi connectivity index (χ4v) is 4.56. The number of thiophene rings is 1. The van der Waals surface area contributed by atoms with Gasteiger partial charge >= 0.3 is 0 Å². The lowest BCUT2D eigenvalue weighted by atomic mass is 10.2. The Labute approximate surface area is 177 Å². The van der Waals surface area contributed by atoms with Crippen LogP contribution in [-0.4, -0.2) is 26.4 Å². The number of aryl methyl sites for hydroxylation is 1. The van der Waals surface area contributed by atoms with Gasteiger partial charge in [-0.05, 0) is 24.6 Å². The predicted molar refractivity (Wildman–Crippen MR) is 118 cm³/mol. The second kappa shape index (κ2) is 9.91. The maximum absolute atomic E-state index is 12.3. The molecule has 2 heterocycles. The third-order valence-electron chi connectivity index (χ3n) is 3.92. The molecule has 0 aliphatic heterocycles. The lowest BCUT2D eigenvalue weighted by Gasteiger charge is -2.08. The predicted octanol–water partition coefficient (Wildman–Crippen LogP) is 5.53. The minimum atomic E-state index is -0.145. The van der Waals surface area contributed by atoms with E-state index in [0.29, 0.717) is 22.4 Å². The molecule has 0 radical (unpaired) electrons. The summed E-state index contributed by atoms with van der Waals surface area (Å²) in [5.74, 6) is 0.867. The summed E-state index contributed by atoms with van der Waals surface area (Å²) in [5.41, 5.74) is 1.65. The first kappa shape index (κ1) is 20.6. The fraction of sp³-hybridized carbons (Fsp3) is 0.250. The van der Waals surface area contributed by atoms with E-state index in [1.54, 1.807) is 29.5 Å². The average molecular weight is 433 g/mol. The summed E-state index contributed by atoms with van der Waals surface area (Å²) >= 11 is 9.17. The van der Waals surface area contributed by atoms with E-state index >= 15 is 0 Å². The van der Waals surface area contributed by atoms with Crippen LogP contribution in [-0.2, 0) is 17.8 Å². The molecule has 1 amide bonds. The van der Waals surface area contributed by atoms with Crippen LogP contribution in [0.5, 0.6) is 0 Å². The summed E-state index contributed by atoms with van der Waals surface area (Å²) in [4.78, 5) is 13.6. The van der Waals surface area contributed by atoms with Gasteiger partial charge in [0.15, 0.2) is 11.0 Å². The molecule has 0 aliphatic rings. The van der Waals surface area contributed by atoms with Crippen LogP contribution in [0.1, 0.15) is 18.2 Å². The first-order chi connectivity index (χ1) is 13.6. The van der Waals surface area contributed by atoms with Gasteiger partial charge < -0.3 is 5.32 Å². The number of allylic oxidation sites excluding steroid dienone is 1. The number of rotatable bonds is 9. The van der Waals surface area contributed by atoms with E-state index < -0.39 is 0 Å². The standard InChI is InChI=1S/C20H21ClN4OS2/c1-3-7-15-11-14(12-27-15)19-23-24-20(25(19)10-4-2)28-13-18(26)22-17-9-6-5-8-16(17)21/h4-6,8-9,11-12H,2-3,7,10,13H2,1H3,(H,22,26). The Balaban J connectivity index is 1.71. The lowest BCUT2D eigenvalue weighted by Crippen LogP contribution is -2.15. The van der Waals surface area contributed by atoms with Gasteiger partial charge in [0.1, 0.15) is 0 Å². The average Bonchev–Trinajstić information content (AvgIpc) is 3.29. The van der Waals surface area contributed by atoms with Crippen LogP contribution in [0.3, 0.4) is 0 Å². The van der Waals surface area contributed by atoms with Gasteiger partial charge in [0.25, 0.3) is 0 Å². The SMILES string of the molecule is C=CCn1c(SCC(=O)Nc2ccccc2Cl)nnc1-c1csc(CCC)c1. The van der Waals surface area contributed by atoms with E-state index in [0.717, 1.165) is 24.2 Å². The Morgan fingerprint density at radius 2 is 2.21 bits per heavy atom. The van der Waals surface area contributed by atoms with Crippen molar-refractivity contribution in [1.82, 2.24) is 14.8 Å². The Kier molecular flexibility index (Phi) is 7.30. The van der Waals surface area contributed by atoms with Crippen LogP contribution in [0, 0.1) is 0 Å². The number of carbonyl (C=O) groups is 1. The smallest absolute Gasteiger partial charge is 0.234 e. The van der Waals surface area contributed by atoms with Gasteiger partial charge in [-0.3, -0.25) is 9.36 Å². The quantitative estimate of drug-likeness (QED) is 0.356. The summed E-state index contributed by atoms with van der Waals surface area (Å²) in [5, 5.41) is 14.8. The Morgan fingerprint density at radius 3 is 2.96 bits per heavy atom. The topological polar surface area (TPSA) is 59.8 Å². The first-order valence-corrected chi connectivity index (χ1v) is 11.2. The molecule has 28 heavy (non-hydrogen) atoms. The van der Waals surface area contributed by atoms with Gasteiger partial charge in [-0.1, -0.05) is 54.9 Å². The molecule has 2 aromatic heterocycles. The summed E-state index contributed by atoms with van der Waals surface area (Å²) in [6.07, 6.45) is 3.98. The monoisotopic (exact) mass is 432 g/mol. The van der Waals surface area contributed by atoms with Crippen molar-refractivity contribution < 1.29 is 4.79 Å². The van der Waals surface area contributed by atoms with Crippen molar-refractivity contribution in [3.05, 3.63) is 58.3 Å². The molecule has 0 unspecified atom stereocenters. The number of nitrogens with zero attached hydrogens (tertiary/aromatic N) is 3. The van der Waals surface area contributed by atoms with Crippen LogP contribution in [0.4, 0.5) is 5.69 Å². The van der Waals surface area contributed by atoms with E-state index in [4.69, 9.17) is 11.6 Å². The molecule has 1 aromatic carbocycles. The molecule has 146 valence electrons. The van der Waals surface area contributed by atoms with Crippen molar-refractivity contribution in [1.29, 1.82) is 0 Å². The van der Waals surface area contributed by atoms with Crippen LogP contribution < -0.4 is 5.32 Å². The van der Waals surface area contributed by atoms with Gasteiger partial charge in [0.2, 0.25) is 5.91 Å². The zero-order chi connectivity index (χ0) is 19.9. The van der Waals surface area contributed by atoms with Crippen molar-refractivity contribution >= 4 is 46.3 Å². The van der Waals surface area contributed by atoms with Gasteiger partial charge in [-0.15, -0.1) is 28.1 Å². The summed E-state index contributed by atoms with van der Waals surface area (Å²) in [6.45, 7) is 6.58. The number of carbonyl (C=O) groups excluding carboxylic acids is 1. The maximum Gasteiger partial charge on any atom is 0.234 e.